The average molecular weight is 430 g/mol. The minimum Gasteiger partial charge on any atom is -0.340 e. The van der Waals surface area contributed by atoms with Crippen LogP contribution in [0.15, 0.2) is 18.2 Å². The molecule has 2 heterocycles. The van der Waals surface area contributed by atoms with Crippen molar-refractivity contribution in [1.29, 1.82) is 0 Å². The number of amides is 1. The van der Waals surface area contributed by atoms with Gasteiger partial charge in [0.15, 0.2) is 0 Å². The Labute approximate surface area is 174 Å². The van der Waals surface area contributed by atoms with Crippen molar-refractivity contribution in [2.24, 2.45) is 0 Å². The SMILES string of the molecule is Cc1nn(CCC(=O)N2CCN(Cc3ccc(Cl)c(Cl)c3)CC2)c(C)c1Cl. The standard InChI is InChI=1S/C19H23Cl3N4O/c1-13-19(22)14(2)26(23-13)6-5-18(27)25-9-7-24(8-10-25)12-15-3-4-16(20)17(21)11-15/h3-4,11H,5-10,12H2,1-2H3. The number of piperazine rings is 1. The molecule has 1 aromatic carbocycles. The van der Waals surface area contributed by atoms with Crippen LogP contribution in [0.2, 0.25) is 15.1 Å². The number of carbonyl (C=O) groups is 1. The molecule has 1 amide bonds. The van der Waals surface area contributed by atoms with Gasteiger partial charge in [-0.3, -0.25) is 14.4 Å². The molecule has 5 nitrogen and oxygen atoms in total. The molecule has 27 heavy (non-hydrogen) atoms. The molecule has 0 bridgehead atoms. The van der Waals surface area contributed by atoms with Gasteiger partial charge in [0, 0.05) is 39.1 Å². The van der Waals surface area contributed by atoms with E-state index in [0.29, 0.717) is 28.0 Å². The molecule has 0 aliphatic carbocycles. The molecular weight excluding hydrogens is 407 g/mol. The lowest BCUT2D eigenvalue weighted by Crippen LogP contribution is -2.48. The predicted octanol–water partition coefficient (Wildman–Crippen LogP) is 4.19. The fraction of sp³-hybridized carbons (Fsp3) is 0.474. The third-order valence-electron chi connectivity index (χ3n) is 4.95. The first kappa shape index (κ1) is 20.5. The van der Waals surface area contributed by atoms with Gasteiger partial charge in [-0.15, -0.1) is 0 Å². The van der Waals surface area contributed by atoms with Gasteiger partial charge in [0.2, 0.25) is 5.91 Å². The first-order chi connectivity index (χ1) is 12.8. The van der Waals surface area contributed by atoms with E-state index in [1.165, 1.54) is 0 Å². The maximum atomic E-state index is 12.5. The molecule has 0 spiro atoms. The van der Waals surface area contributed by atoms with E-state index in [9.17, 15) is 4.79 Å². The first-order valence-electron chi connectivity index (χ1n) is 8.98. The number of hydrogen-bond donors (Lipinski definition) is 0. The molecule has 1 aromatic heterocycles. The highest BCUT2D eigenvalue weighted by atomic mass is 35.5. The van der Waals surface area contributed by atoms with E-state index in [-0.39, 0.29) is 5.91 Å². The molecular formula is C19H23Cl3N4O. The Bertz CT molecular complexity index is 829. The average Bonchev–Trinajstić information content (AvgIpc) is 2.90. The fourth-order valence-electron chi connectivity index (χ4n) is 3.30. The van der Waals surface area contributed by atoms with E-state index in [1.807, 2.05) is 41.6 Å². The van der Waals surface area contributed by atoms with Crippen LogP contribution >= 0.6 is 34.8 Å². The zero-order valence-corrected chi connectivity index (χ0v) is 17.8. The van der Waals surface area contributed by atoms with Gasteiger partial charge in [-0.25, -0.2) is 0 Å². The lowest BCUT2D eigenvalue weighted by molar-refractivity contribution is -0.133. The largest absolute Gasteiger partial charge is 0.340 e. The van der Waals surface area contributed by atoms with Crippen molar-refractivity contribution < 1.29 is 4.79 Å². The molecule has 0 unspecified atom stereocenters. The van der Waals surface area contributed by atoms with Crippen molar-refractivity contribution in [2.45, 2.75) is 33.4 Å². The second-order valence-electron chi connectivity index (χ2n) is 6.86. The Morgan fingerprint density at radius 3 is 2.37 bits per heavy atom. The summed E-state index contributed by atoms with van der Waals surface area (Å²) >= 11 is 18.2. The Hall–Kier alpha value is -1.27. The third-order valence-corrected chi connectivity index (χ3v) is 6.23. The minimum absolute atomic E-state index is 0.160. The van der Waals surface area contributed by atoms with Crippen molar-refractivity contribution in [3.05, 3.63) is 50.2 Å². The van der Waals surface area contributed by atoms with E-state index in [4.69, 9.17) is 34.8 Å². The molecule has 146 valence electrons. The Kier molecular flexibility index (Phi) is 6.69. The van der Waals surface area contributed by atoms with Gasteiger partial charge in [0.1, 0.15) is 0 Å². The topological polar surface area (TPSA) is 41.4 Å². The number of hydrogen-bond acceptors (Lipinski definition) is 3. The normalized spacial score (nSPS) is 15.4. The highest BCUT2D eigenvalue weighted by molar-refractivity contribution is 6.42. The molecule has 1 fully saturated rings. The highest BCUT2D eigenvalue weighted by Crippen LogP contribution is 2.23. The van der Waals surface area contributed by atoms with Crippen molar-refractivity contribution in [3.8, 4) is 0 Å². The molecule has 0 N–H and O–H groups in total. The van der Waals surface area contributed by atoms with Gasteiger partial charge in [0.25, 0.3) is 0 Å². The summed E-state index contributed by atoms with van der Waals surface area (Å²) in [6, 6.07) is 5.72. The van der Waals surface area contributed by atoms with Crippen LogP contribution in [0.3, 0.4) is 0 Å². The monoisotopic (exact) mass is 428 g/mol. The Balaban J connectivity index is 1.47. The maximum absolute atomic E-state index is 12.5. The van der Waals surface area contributed by atoms with Gasteiger partial charge >= 0.3 is 0 Å². The number of benzene rings is 1. The summed E-state index contributed by atoms with van der Waals surface area (Å²) in [5.74, 6) is 0.160. The second kappa shape index (κ2) is 8.82. The molecule has 1 aliphatic rings. The smallest absolute Gasteiger partial charge is 0.224 e. The first-order valence-corrected chi connectivity index (χ1v) is 10.1. The number of rotatable bonds is 5. The number of halogens is 3. The van der Waals surface area contributed by atoms with Crippen molar-refractivity contribution in [2.75, 3.05) is 26.2 Å². The van der Waals surface area contributed by atoms with E-state index < -0.39 is 0 Å². The summed E-state index contributed by atoms with van der Waals surface area (Å²) < 4.78 is 1.82. The van der Waals surface area contributed by atoms with Crippen LogP contribution in [0.4, 0.5) is 0 Å². The predicted molar refractivity (Wildman–Crippen MR) is 110 cm³/mol. The van der Waals surface area contributed by atoms with E-state index in [0.717, 1.165) is 49.7 Å². The molecule has 3 rings (SSSR count). The lowest BCUT2D eigenvalue weighted by atomic mass is 10.2. The van der Waals surface area contributed by atoms with Crippen molar-refractivity contribution in [1.82, 2.24) is 19.6 Å². The molecule has 0 radical (unpaired) electrons. The molecule has 1 saturated heterocycles. The molecule has 0 saturated carbocycles. The minimum atomic E-state index is 0.160. The van der Waals surface area contributed by atoms with E-state index in [1.54, 1.807) is 0 Å². The zero-order valence-electron chi connectivity index (χ0n) is 15.5. The number of aryl methyl sites for hydroxylation is 2. The lowest BCUT2D eigenvalue weighted by Gasteiger charge is -2.35. The molecule has 2 aromatic rings. The van der Waals surface area contributed by atoms with Gasteiger partial charge in [0.05, 0.1) is 33.0 Å². The number of nitrogens with zero attached hydrogens (tertiary/aromatic N) is 4. The third kappa shape index (κ3) is 4.96. The molecule has 1 aliphatic heterocycles. The van der Waals surface area contributed by atoms with Crippen molar-refractivity contribution >= 4 is 40.7 Å². The van der Waals surface area contributed by atoms with E-state index >= 15 is 0 Å². The van der Waals surface area contributed by atoms with Crippen LogP contribution in [0.1, 0.15) is 23.4 Å². The molecule has 0 atom stereocenters. The zero-order chi connectivity index (χ0) is 19.6. The van der Waals surface area contributed by atoms with Crippen molar-refractivity contribution in [3.63, 3.8) is 0 Å². The van der Waals surface area contributed by atoms with Gasteiger partial charge in [-0.05, 0) is 31.5 Å². The second-order valence-corrected chi connectivity index (χ2v) is 8.06. The Morgan fingerprint density at radius 1 is 1.07 bits per heavy atom. The maximum Gasteiger partial charge on any atom is 0.224 e. The van der Waals surface area contributed by atoms with Crippen LogP contribution in [0.5, 0.6) is 0 Å². The highest BCUT2D eigenvalue weighted by Gasteiger charge is 2.21. The van der Waals surface area contributed by atoms with Crippen LogP contribution in [0, 0.1) is 13.8 Å². The number of carbonyl (C=O) groups excluding carboxylic acids is 1. The summed E-state index contributed by atoms with van der Waals surface area (Å²) in [5, 5.41) is 6.21. The summed E-state index contributed by atoms with van der Waals surface area (Å²) in [6.07, 6.45) is 0.436. The van der Waals surface area contributed by atoms with Crippen LogP contribution in [-0.4, -0.2) is 51.7 Å². The van der Waals surface area contributed by atoms with Gasteiger partial charge < -0.3 is 4.90 Å². The summed E-state index contributed by atoms with van der Waals surface area (Å²) in [7, 11) is 0. The van der Waals surface area contributed by atoms with Gasteiger partial charge in [-0.2, -0.15) is 5.10 Å². The van der Waals surface area contributed by atoms with Gasteiger partial charge in [-0.1, -0.05) is 40.9 Å². The summed E-state index contributed by atoms with van der Waals surface area (Å²) in [6.45, 7) is 8.33. The number of aromatic nitrogens is 2. The summed E-state index contributed by atoms with van der Waals surface area (Å²) in [5.41, 5.74) is 2.84. The quantitative estimate of drug-likeness (QED) is 0.715. The van der Waals surface area contributed by atoms with Crippen LogP contribution < -0.4 is 0 Å². The van der Waals surface area contributed by atoms with Crippen LogP contribution in [-0.2, 0) is 17.9 Å². The Morgan fingerprint density at radius 2 is 1.78 bits per heavy atom. The van der Waals surface area contributed by atoms with Crippen LogP contribution in [0.25, 0.3) is 0 Å². The fourth-order valence-corrected chi connectivity index (χ4v) is 3.76. The summed E-state index contributed by atoms with van der Waals surface area (Å²) in [4.78, 5) is 16.8. The van der Waals surface area contributed by atoms with E-state index in [2.05, 4.69) is 10.00 Å². The molecule has 8 heteroatoms.